The first-order valence-corrected chi connectivity index (χ1v) is 9.28. The van der Waals surface area contributed by atoms with Crippen molar-refractivity contribution in [3.8, 4) is 11.5 Å². The van der Waals surface area contributed by atoms with E-state index in [4.69, 9.17) is 4.52 Å². The van der Waals surface area contributed by atoms with Crippen molar-refractivity contribution < 1.29 is 13.7 Å². The van der Waals surface area contributed by atoms with Crippen LogP contribution in [0.2, 0.25) is 0 Å². The summed E-state index contributed by atoms with van der Waals surface area (Å²) in [6.07, 6.45) is 7.60. The maximum absolute atomic E-state index is 13.0. The Balaban J connectivity index is 1.35. The van der Waals surface area contributed by atoms with Crippen molar-refractivity contribution in [2.75, 3.05) is 13.1 Å². The molecule has 8 heteroatoms. The minimum Gasteiger partial charge on any atom is -0.342 e. The number of likely N-dealkylation sites (tertiary alicyclic amines) is 1. The second-order valence-electron chi connectivity index (χ2n) is 6.96. The van der Waals surface area contributed by atoms with E-state index in [1.165, 1.54) is 12.1 Å². The number of amides is 1. The topological polar surface area (TPSA) is 85.0 Å². The zero-order chi connectivity index (χ0) is 19.3. The maximum Gasteiger partial charge on any atom is 0.227 e. The summed E-state index contributed by atoms with van der Waals surface area (Å²) in [5, 5.41) is 3.97. The number of aromatic nitrogens is 4. The molecule has 7 nitrogen and oxygen atoms in total. The molecule has 1 saturated heterocycles. The van der Waals surface area contributed by atoms with Gasteiger partial charge in [0.05, 0.1) is 12.6 Å². The van der Waals surface area contributed by atoms with E-state index in [1.807, 2.05) is 4.90 Å². The van der Waals surface area contributed by atoms with Crippen LogP contribution in [0.1, 0.15) is 24.3 Å². The molecule has 1 atom stereocenters. The highest BCUT2D eigenvalue weighted by molar-refractivity contribution is 5.78. The molecule has 3 aromatic rings. The predicted octanol–water partition coefficient (Wildman–Crippen LogP) is 2.69. The molecular formula is C20H20FN5O2. The van der Waals surface area contributed by atoms with Crippen LogP contribution in [0.5, 0.6) is 0 Å². The van der Waals surface area contributed by atoms with Crippen molar-refractivity contribution in [1.82, 2.24) is 25.0 Å². The Morgan fingerprint density at radius 1 is 1.25 bits per heavy atom. The average Bonchev–Trinajstić information content (AvgIpc) is 3.19. The predicted molar refractivity (Wildman–Crippen MR) is 98.4 cm³/mol. The Morgan fingerprint density at radius 3 is 2.89 bits per heavy atom. The van der Waals surface area contributed by atoms with E-state index in [2.05, 4.69) is 20.1 Å². The number of halogens is 1. The zero-order valence-corrected chi connectivity index (χ0v) is 15.3. The van der Waals surface area contributed by atoms with Crippen LogP contribution in [-0.4, -0.2) is 44.0 Å². The molecule has 144 valence electrons. The van der Waals surface area contributed by atoms with Gasteiger partial charge in [-0.2, -0.15) is 4.98 Å². The van der Waals surface area contributed by atoms with Crippen LogP contribution in [0.15, 0.2) is 47.4 Å². The highest BCUT2D eigenvalue weighted by Crippen LogP contribution is 2.22. The van der Waals surface area contributed by atoms with Gasteiger partial charge in [0.2, 0.25) is 17.6 Å². The molecule has 3 heterocycles. The standard InChI is InChI=1S/C20H20FN5O2/c21-16-5-3-14(4-6-16)11-19(27)26-9-1-2-15(13-26)10-18-24-20(25-28-18)17-12-22-7-8-23-17/h3-8,12,15H,1-2,9-11,13H2. The van der Waals surface area contributed by atoms with E-state index in [0.717, 1.165) is 24.9 Å². The molecule has 28 heavy (non-hydrogen) atoms. The largest absolute Gasteiger partial charge is 0.342 e. The lowest BCUT2D eigenvalue weighted by molar-refractivity contribution is -0.132. The molecule has 1 unspecified atom stereocenters. The summed E-state index contributed by atoms with van der Waals surface area (Å²) in [6, 6.07) is 6.07. The molecule has 0 saturated carbocycles. The smallest absolute Gasteiger partial charge is 0.227 e. The molecule has 1 aliphatic heterocycles. The first kappa shape index (κ1) is 18.2. The maximum atomic E-state index is 13.0. The summed E-state index contributed by atoms with van der Waals surface area (Å²) in [5.74, 6) is 0.986. The van der Waals surface area contributed by atoms with Crippen LogP contribution in [0.25, 0.3) is 11.5 Å². The molecule has 1 aromatic carbocycles. The lowest BCUT2D eigenvalue weighted by atomic mass is 9.94. The van der Waals surface area contributed by atoms with Crippen molar-refractivity contribution >= 4 is 5.91 Å². The van der Waals surface area contributed by atoms with Gasteiger partial charge in [-0.25, -0.2) is 9.37 Å². The normalized spacial score (nSPS) is 16.9. The number of hydrogen-bond donors (Lipinski definition) is 0. The molecule has 0 aliphatic carbocycles. The average molecular weight is 381 g/mol. The fraction of sp³-hybridized carbons (Fsp3) is 0.350. The summed E-state index contributed by atoms with van der Waals surface area (Å²) >= 11 is 0. The molecule has 1 amide bonds. The van der Waals surface area contributed by atoms with Crippen LogP contribution in [0, 0.1) is 11.7 Å². The number of nitrogens with zero attached hydrogens (tertiary/aromatic N) is 5. The third kappa shape index (κ3) is 4.39. The number of rotatable bonds is 5. The van der Waals surface area contributed by atoms with Gasteiger partial charge in [0.1, 0.15) is 11.5 Å². The van der Waals surface area contributed by atoms with Gasteiger partial charge in [-0.3, -0.25) is 9.78 Å². The number of hydrogen-bond acceptors (Lipinski definition) is 6. The monoisotopic (exact) mass is 381 g/mol. The van der Waals surface area contributed by atoms with Crippen LogP contribution in [0.4, 0.5) is 4.39 Å². The molecule has 2 aromatic heterocycles. The minimum absolute atomic E-state index is 0.0575. The van der Waals surface area contributed by atoms with Gasteiger partial charge in [-0.05, 0) is 36.5 Å². The van der Waals surface area contributed by atoms with Gasteiger partial charge in [-0.15, -0.1) is 0 Å². The molecule has 4 rings (SSSR count). The summed E-state index contributed by atoms with van der Waals surface area (Å²) in [6.45, 7) is 1.40. The van der Waals surface area contributed by atoms with E-state index in [9.17, 15) is 9.18 Å². The summed E-state index contributed by atoms with van der Waals surface area (Å²) in [4.78, 5) is 27.1. The van der Waals surface area contributed by atoms with Gasteiger partial charge in [-0.1, -0.05) is 17.3 Å². The van der Waals surface area contributed by atoms with Crippen LogP contribution in [0.3, 0.4) is 0 Å². The quantitative estimate of drug-likeness (QED) is 0.676. The summed E-state index contributed by atoms with van der Waals surface area (Å²) < 4.78 is 18.4. The van der Waals surface area contributed by atoms with Gasteiger partial charge in [0.25, 0.3) is 0 Å². The lowest BCUT2D eigenvalue weighted by Crippen LogP contribution is -2.41. The van der Waals surface area contributed by atoms with Gasteiger partial charge in [0.15, 0.2) is 0 Å². The van der Waals surface area contributed by atoms with Gasteiger partial charge < -0.3 is 9.42 Å². The molecule has 1 aliphatic rings. The van der Waals surface area contributed by atoms with Crippen molar-refractivity contribution in [3.05, 3.63) is 60.1 Å². The molecular weight excluding hydrogens is 361 g/mol. The fourth-order valence-corrected chi connectivity index (χ4v) is 3.45. The third-order valence-corrected chi connectivity index (χ3v) is 4.86. The first-order chi connectivity index (χ1) is 13.7. The van der Waals surface area contributed by atoms with Crippen molar-refractivity contribution in [1.29, 1.82) is 0 Å². The Labute approximate surface area is 161 Å². The number of piperidine rings is 1. The Morgan fingerprint density at radius 2 is 2.11 bits per heavy atom. The molecule has 0 bridgehead atoms. The highest BCUT2D eigenvalue weighted by Gasteiger charge is 2.25. The second kappa shape index (κ2) is 8.24. The van der Waals surface area contributed by atoms with E-state index in [1.54, 1.807) is 30.7 Å². The molecule has 1 fully saturated rings. The fourth-order valence-electron chi connectivity index (χ4n) is 3.45. The van der Waals surface area contributed by atoms with Gasteiger partial charge >= 0.3 is 0 Å². The first-order valence-electron chi connectivity index (χ1n) is 9.28. The zero-order valence-electron chi connectivity index (χ0n) is 15.3. The van der Waals surface area contributed by atoms with Crippen LogP contribution >= 0.6 is 0 Å². The van der Waals surface area contributed by atoms with E-state index in [-0.39, 0.29) is 24.1 Å². The number of carbonyl (C=O) groups is 1. The van der Waals surface area contributed by atoms with Crippen LogP contribution in [-0.2, 0) is 17.6 Å². The SMILES string of the molecule is O=C(Cc1ccc(F)cc1)N1CCCC(Cc2nc(-c3cnccn3)no2)C1. The molecule has 0 N–H and O–H groups in total. The summed E-state index contributed by atoms with van der Waals surface area (Å²) in [5.41, 5.74) is 1.39. The Hall–Kier alpha value is -3.16. The molecule has 0 spiro atoms. The van der Waals surface area contributed by atoms with Crippen LogP contribution < -0.4 is 0 Å². The minimum atomic E-state index is -0.297. The Kier molecular flexibility index (Phi) is 5.36. The van der Waals surface area contributed by atoms with E-state index < -0.39 is 0 Å². The highest BCUT2D eigenvalue weighted by atomic mass is 19.1. The Bertz CT molecular complexity index is 929. The lowest BCUT2D eigenvalue weighted by Gasteiger charge is -2.32. The van der Waals surface area contributed by atoms with Crippen molar-refractivity contribution in [2.24, 2.45) is 5.92 Å². The van der Waals surface area contributed by atoms with Crippen molar-refractivity contribution in [2.45, 2.75) is 25.7 Å². The molecule has 0 radical (unpaired) electrons. The summed E-state index contributed by atoms with van der Waals surface area (Å²) in [7, 11) is 0. The van der Waals surface area contributed by atoms with E-state index >= 15 is 0 Å². The second-order valence-corrected chi connectivity index (χ2v) is 6.96. The number of carbonyl (C=O) groups excluding carboxylic acids is 1. The van der Waals surface area contributed by atoms with E-state index in [0.29, 0.717) is 30.4 Å². The third-order valence-electron chi connectivity index (χ3n) is 4.86. The van der Waals surface area contributed by atoms with Crippen molar-refractivity contribution in [3.63, 3.8) is 0 Å². The van der Waals surface area contributed by atoms with Gasteiger partial charge in [0, 0.05) is 31.9 Å². The number of benzene rings is 1.